The Bertz CT molecular complexity index is 958. The van der Waals surface area contributed by atoms with Crippen molar-refractivity contribution < 1.29 is 4.79 Å². The van der Waals surface area contributed by atoms with Crippen LogP contribution in [-0.4, -0.2) is 10.4 Å². The van der Waals surface area contributed by atoms with Crippen molar-refractivity contribution in [2.75, 3.05) is 0 Å². The number of rotatable bonds is 4. The SMILES string of the molecule is [C-]#[N+]c1c(-c2ccc(-c3ccccc3)cc2)c(C(C)=O)n(C)c1CC. The van der Waals surface area contributed by atoms with Gasteiger partial charge in [0, 0.05) is 25.2 Å². The van der Waals surface area contributed by atoms with Crippen LogP contribution < -0.4 is 0 Å². The molecule has 0 bridgehead atoms. The Labute approximate surface area is 148 Å². The van der Waals surface area contributed by atoms with Crippen LogP contribution in [-0.2, 0) is 13.5 Å². The minimum absolute atomic E-state index is 0.0192. The molecule has 0 N–H and O–H groups in total. The smallest absolute Gasteiger partial charge is 0.215 e. The second-order valence-corrected chi connectivity index (χ2v) is 6.04. The van der Waals surface area contributed by atoms with Crippen molar-refractivity contribution in [1.82, 2.24) is 4.57 Å². The van der Waals surface area contributed by atoms with E-state index in [9.17, 15) is 4.79 Å². The maximum absolute atomic E-state index is 12.2. The average Bonchev–Trinajstić information content (AvgIpc) is 2.94. The Morgan fingerprint density at radius 3 is 2.08 bits per heavy atom. The summed E-state index contributed by atoms with van der Waals surface area (Å²) in [6.45, 7) is 11.2. The van der Waals surface area contributed by atoms with E-state index in [1.807, 2.05) is 61.0 Å². The largest absolute Gasteiger partial charge is 0.356 e. The van der Waals surface area contributed by atoms with Gasteiger partial charge in [-0.1, -0.05) is 61.5 Å². The molecule has 124 valence electrons. The highest BCUT2D eigenvalue weighted by molar-refractivity contribution is 6.04. The first-order valence-electron chi connectivity index (χ1n) is 8.34. The molecular weight excluding hydrogens is 308 g/mol. The minimum atomic E-state index is -0.0192. The van der Waals surface area contributed by atoms with Gasteiger partial charge in [0.15, 0.2) is 5.78 Å². The van der Waals surface area contributed by atoms with Crippen LogP contribution in [0, 0.1) is 6.57 Å². The molecule has 0 aliphatic rings. The summed E-state index contributed by atoms with van der Waals surface area (Å²) in [6, 6.07) is 18.2. The van der Waals surface area contributed by atoms with Gasteiger partial charge in [0.05, 0.1) is 12.3 Å². The lowest BCUT2D eigenvalue weighted by atomic mass is 9.98. The third-order valence-corrected chi connectivity index (χ3v) is 4.55. The third-order valence-electron chi connectivity index (χ3n) is 4.55. The second-order valence-electron chi connectivity index (χ2n) is 6.04. The zero-order chi connectivity index (χ0) is 18.0. The molecular formula is C22H20N2O. The summed E-state index contributed by atoms with van der Waals surface area (Å²) in [7, 11) is 1.87. The lowest BCUT2D eigenvalue weighted by Crippen LogP contribution is -2.05. The molecule has 0 radical (unpaired) electrons. The van der Waals surface area contributed by atoms with E-state index in [0.29, 0.717) is 11.4 Å². The summed E-state index contributed by atoms with van der Waals surface area (Å²) >= 11 is 0. The van der Waals surface area contributed by atoms with Crippen LogP contribution in [0.5, 0.6) is 0 Å². The summed E-state index contributed by atoms with van der Waals surface area (Å²) in [4.78, 5) is 16.0. The van der Waals surface area contributed by atoms with Gasteiger partial charge in [0.25, 0.3) is 0 Å². The van der Waals surface area contributed by atoms with Crippen molar-refractivity contribution in [1.29, 1.82) is 0 Å². The van der Waals surface area contributed by atoms with Gasteiger partial charge in [-0.25, -0.2) is 4.85 Å². The number of nitrogens with zero attached hydrogens (tertiary/aromatic N) is 2. The van der Waals surface area contributed by atoms with E-state index in [-0.39, 0.29) is 5.78 Å². The van der Waals surface area contributed by atoms with Crippen molar-refractivity contribution in [2.45, 2.75) is 20.3 Å². The summed E-state index contributed by atoms with van der Waals surface area (Å²) in [5.74, 6) is -0.0192. The zero-order valence-electron chi connectivity index (χ0n) is 14.7. The Kier molecular flexibility index (Phi) is 4.54. The lowest BCUT2D eigenvalue weighted by Gasteiger charge is -2.08. The molecule has 25 heavy (non-hydrogen) atoms. The number of Topliss-reactive ketones (excluding diaryl/α,β-unsaturated/α-hetero) is 1. The summed E-state index contributed by atoms with van der Waals surface area (Å²) in [5, 5.41) is 0. The molecule has 0 fully saturated rings. The normalized spacial score (nSPS) is 10.5. The molecule has 3 heteroatoms. The van der Waals surface area contributed by atoms with Crippen molar-refractivity contribution in [2.24, 2.45) is 7.05 Å². The number of carbonyl (C=O) groups is 1. The van der Waals surface area contributed by atoms with Crippen LogP contribution in [0.1, 0.15) is 30.0 Å². The molecule has 0 unspecified atom stereocenters. The third kappa shape index (κ3) is 2.88. The zero-order valence-corrected chi connectivity index (χ0v) is 14.7. The van der Waals surface area contributed by atoms with E-state index >= 15 is 0 Å². The molecule has 3 rings (SSSR count). The van der Waals surface area contributed by atoms with E-state index in [1.165, 1.54) is 0 Å². The highest BCUT2D eigenvalue weighted by Crippen LogP contribution is 2.40. The van der Waals surface area contributed by atoms with Crippen LogP contribution in [0.2, 0.25) is 0 Å². The number of benzene rings is 2. The summed E-state index contributed by atoms with van der Waals surface area (Å²) in [6.07, 6.45) is 0.719. The molecule has 3 aromatic rings. The van der Waals surface area contributed by atoms with Gasteiger partial charge in [-0.05, 0) is 23.1 Å². The fourth-order valence-electron chi connectivity index (χ4n) is 3.39. The number of hydrogen-bond acceptors (Lipinski definition) is 1. The van der Waals surface area contributed by atoms with Gasteiger partial charge in [0.2, 0.25) is 5.69 Å². The van der Waals surface area contributed by atoms with Gasteiger partial charge >= 0.3 is 0 Å². The van der Waals surface area contributed by atoms with Gasteiger partial charge in [-0.15, -0.1) is 0 Å². The van der Waals surface area contributed by atoms with E-state index in [2.05, 4.69) is 17.0 Å². The number of hydrogen-bond donors (Lipinski definition) is 0. The van der Waals surface area contributed by atoms with Gasteiger partial charge in [-0.3, -0.25) is 4.79 Å². The van der Waals surface area contributed by atoms with E-state index in [1.54, 1.807) is 6.92 Å². The van der Waals surface area contributed by atoms with Crippen LogP contribution >= 0.6 is 0 Å². The first-order valence-corrected chi connectivity index (χ1v) is 8.34. The molecule has 0 atom stereocenters. The van der Waals surface area contributed by atoms with E-state index in [4.69, 9.17) is 6.57 Å². The standard InChI is InChI=1S/C22H20N2O/c1-5-19-21(23-3)20(22(15(2)25)24(19)4)18-13-11-17(12-14-18)16-9-7-6-8-10-16/h6-14H,5H2,1-2,4H3. The monoisotopic (exact) mass is 328 g/mol. The first-order chi connectivity index (χ1) is 12.1. The molecule has 0 aliphatic carbocycles. The maximum Gasteiger partial charge on any atom is 0.215 e. The topological polar surface area (TPSA) is 26.4 Å². The number of aromatic nitrogens is 1. The molecule has 0 spiro atoms. The van der Waals surface area contributed by atoms with Crippen LogP contribution in [0.4, 0.5) is 5.69 Å². The van der Waals surface area contributed by atoms with Crippen LogP contribution in [0.25, 0.3) is 27.1 Å². The first kappa shape index (κ1) is 16.7. The van der Waals surface area contributed by atoms with Crippen molar-refractivity contribution in [3.63, 3.8) is 0 Å². The van der Waals surface area contributed by atoms with Crippen molar-refractivity contribution >= 4 is 11.5 Å². The van der Waals surface area contributed by atoms with Crippen molar-refractivity contribution in [3.05, 3.63) is 77.4 Å². The van der Waals surface area contributed by atoms with Crippen LogP contribution in [0.3, 0.4) is 0 Å². The Morgan fingerprint density at radius 2 is 1.56 bits per heavy atom. The van der Waals surface area contributed by atoms with Gasteiger partial charge in [-0.2, -0.15) is 0 Å². The van der Waals surface area contributed by atoms with Gasteiger partial charge in [0.1, 0.15) is 0 Å². The maximum atomic E-state index is 12.2. The molecule has 3 nitrogen and oxygen atoms in total. The van der Waals surface area contributed by atoms with E-state index < -0.39 is 0 Å². The number of carbonyl (C=O) groups excluding carboxylic acids is 1. The van der Waals surface area contributed by atoms with Crippen LogP contribution in [0.15, 0.2) is 54.6 Å². The molecule has 0 saturated carbocycles. The van der Waals surface area contributed by atoms with Gasteiger partial charge < -0.3 is 4.57 Å². The Hall–Kier alpha value is -3.12. The minimum Gasteiger partial charge on any atom is -0.356 e. The molecule has 2 aromatic carbocycles. The molecule has 1 aromatic heterocycles. The van der Waals surface area contributed by atoms with Crippen molar-refractivity contribution in [3.8, 4) is 22.3 Å². The second kappa shape index (κ2) is 6.78. The highest BCUT2D eigenvalue weighted by atomic mass is 16.1. The van der Waals surface area contributed by atoms with E-state index in [0.717, 1.165) is 34.4 Å². The Balaban J connectivity index is 2.17. The number of ketones is 1. The molecule has 0 aliphatic heterocycles. The highest BCUT2D eigenvalue weighted by Gasteiger charge is 2.23. The quantitative estimate of drug-likeness (QED) is 0.447. The average molecular weight is 328 g/mol. The fourth-order valence-corrected chi connectivity index (χ4v) is 3.39. The Morgan fingerprint density at radius 1 is 1.00 bits per heavy atom. The predicted molar refractivity (Wildman–Crippen MR) is 102 cm³/mol. The predicted octanol–water partition coefficient (Wildman–Crippen LogP) is 5.67. The lowest BCUT2D eigenvalue weighted by molar-refractivity contribution is 0.101. The molecule has 0 saturated heterocycles. The summed E-state index contributed by atoms with van der Waals surface area (Å²) in [5.41, 5.74) is 6.02. The summed E-state index contributed by atoms with van der Waals surface area (Å²) < 4.78 is 1.87. The fraction of sp³-hybridized carbons (Fsp3) is 0.182. The molecule has 0 amide bonds. The molecule has 1 heterocycles.